The monoisotopic (exact) mass is 384 g/mol. The first-order chi connectivity index (χ1) is 12.5. The van der Waals surface area contributed by atoms with Crippen molar-refractivity contribution in [3.63, 3.8) is 0 Å². The zero-order valence-electron chi connectivity index (χ0n) is 15.7. The number of amides is 1. The van der Waals surface area contributed by atoms with E-state index >= 15 is 0 Å². The fourth-order valence-electron chi connectivity index (χ4n) is 2.83. The molecule has 2 aromatic carbocycles. The number of aryl methyl sites for hydroxylation is 4. The van der Waals surface area contributed by atoms with Crippen LogP contribution in [0.2, 0.25) is 0 Å². The molecule has 5 heteroatoms. The molecule has 1 amide bonds. The highest BCUT2D eigenvalue weighted by molar-refractivity contribution is 7.98. The summed E-state index contributed by atoms with van der Waals surface area (Å²) in [4.78, 5) is 17.8. The maximum absolute atomic E-state index is 12.5. The minimum atomic E-state index is -0.0910. The second kappa shape index (κ2) is 8.23. The number of nitrogens with zero attached hydrogens (tertiary/aromatic N) is 2. The second-order valence-electron chi connectivity index (χ2n) is 6.60. The van der Waals surface area contributed by atoms with E-state index in [0.717, 1.165) is 22.7 Å². The van der Waals surface area contributed by atoms with E-state index in [1.165, 1.54) is 26.9 Å². The molecule has 0 atom stereocenters. The summed E-state index contributed by atoms with van der Waals surface area (Å²) in [6.45, 7) is 7.16. The minimum Gasteiger partial charge on any atom is -0.316 e. The summed E-state index contributed by atoms with van der Waals surface area (Å²) in [5, 5.41) is 0. The highest BCUT2D eigenvalue weighted by atomic mass is 32.2. The lowest BCUT2D eigenvalue weighted by Crippen LogP contribution is -2.18. The number of benzene rings is 2. The van der Waals surface area contributed by atoms with Crippen molar-refractivity contribution >= 4 is 39.2 Å². The number of hydrogen-bond acceptors (Lipinski definition) is 3. The van der Waals surface area contributed by atoms with Crippen molar-refractivity contribution in [2.24, 2.45) is 4.99 Å². The van der Waals surface area contributed by atoms with E-state index in [1.54, 1.807) is 23.1 Å². The molecule has 0 saturated carbocycles. The summed E-state index contributed by atoms with van der Waals surface area (Å²) in [5.74, 6) is 0.907. The maximum Gasteiger partial charge on any atom is 0.252 e. The van der Waals surface area contributed by atoms with E-state index in [1.807, 2.05) is 31.2 Å². The van der Waals surface area contributed by atoms with Crippen molar-refractivity contribution in [3.05, 3.63) is 63.5 Å². The SMILES string of the molecule is CSCCn1c(=NC(=O)Cc2ccc(C)cc2)sc2cc(C)c(C)cc21. The lowest BCUT2D eigenvalue weighted by molar-refractivity contribution is -0.117. The van der Waals surface area contributed by atoms with Gasteiger partial charge in [0.15, 0.2) is 4.80 Å². The van der Waals surface area contributed by atoms with Crippen LogP contribution in [-0.2, 0) is 17.8 Å². The Bertz CT molecular complexity index is 997. The molecule has 0 aliphatic rings. The summed E-state index contributed by atoms with van der Waals surface area (Å²) in [5.41, 5.74) is 5.92. The van der Waals surface area contributed by atoms with Gasteiger partial charge in [0, 0.05) is 12.3 Å². The topological polar surface area (TPSA) is 34.4 Å². The Morgan fingerprint density at radius 2 is 1.81 bits per heavy atom. The Balaban J connectivity index is 1.99. The lowest BCUT2D eigenvalue weighted by Gasteiger charge is -2.06. The van der Waals surface area contributed by atoms with Crippen LogP contribution < -0.4 is 4.80 Å². The molecule has 1 heterocycles. The van der Waals surface area contributed by atoms with Gasteiger partial charge in [0.05, 0.1) is 16.6 Å². The highest BCUT2D eigenvalue weighted by Gasteiger charge is 2.10. The Morgan fingerprint density at radius 3 is 2.50 bits per heavy atom. The third-order valence-corrected chi connectivity index (χ3v) is 6.15. The van der Waals surface area contributed by atoms with E-state index < -0.39 is 0 Å². The first-order valence-corrected chi connectivity index (χ1v) is 10.9. The van der Waals surface area contributed by atoms with Gasteiger partial charge in [-0.15, -0.1) is 0 Å². The van der Waals surface area contributed by atoms with Crippen LogP contribution >= 0.6 is 23.1 Å². The molecule has 0 aliphatic carbocycles. The molecule has 0 aliphatic heterocycles. The van der Waals surface area contributed by atoms with Gasteiger partial charge < -0.3 is 4.57 Å². The molecule has 3 rings (SSSR count). The van der Waals surface area contributed by atoms with Crippen LogP contribution in [0.1, 0.15) is 22.3 Å². The molecule has 1 aromatic heterocycles. The van der Waals surface area contributed by atoms with Crippen molar-refractivity contribution < 1.29 is 4.79 Å². The Hall–Kier alpha value is -1.85. The van der Waals surface area contributed by atoms with Gasteiger partial charge in [-0.05, 0) is 55.9 Å². The molecule has 0 saturated heterocycles. The van der Waals surface area contributed by atoms with Gasteiger partial charge in [-0.25, -0.2) is 0 Å². The Kier molecular flexibility index (Phi) is 5.99. The first kappa shape index (κ1) is 18.9. The number of fused-ring (bicyclic) bond motifs is 1. The third kappa shape index (κ3) is 4.27. The molecule has 26 heavy (non-hydrogen) atoms. The predicted octanol–water partition coefficient (Wildman–Crippen LogP) is 4.66. The number of rotatable bonds is 5. The summed E-state index contributed by atoms with van der Waals surface area (Å²) in [7, 11) is 0. The number of carbonyl (C=O) groups is 1. The van der Waals surface area contributed by atoms with Crippen molar-refractivity contribution in [2.45, 2.75) is 33.7 Å². The smallest absolute Gasteiger partial charge is 0.252 e. The van der Waals surface area contributed by atoms with E-state index in [9.17, 15) is 4.79 Å². The predicted molar refractivity (Wildman–Crippen MR) is 113 cm³/mol. The normalized spacial score (nSPS) is 12.1. The molecule has 136 valence electrons. The number of aromatic nitrogens is 1. The fraction of sp³-hybridized carbons (Fsp3) is 0.333. The van der Waals surface area contributed by atoms with E-state index in [4.69, 9.17) is 0 Å². The van der Waals surface area contributed by atoms with Crippen LogP contribution in [0, 0.1) is 20.8 Å². The number of carbonyl (C=O) groups excluding carboxylic acids is 1. The van der Waals surface area contributed by atoms with E-state index in [-0.39, 0.29) is 5.91 Å². The molecule has 0 N–H and O–H groups in total. The molecule has 0 fully saturated rings. The lowest BCUT2D eigenvalue weighted by atomic mass is 10.1. The van der Waals surface area contributed by atoms with Crippen molar-refractivity contribution in [3.8, 4) is 0 Å². The van der Waals surface area contributed by atoms with Gasteiger partial charge in [0.2, 0.25) is 0 Å². The molecular weight excluding hydrogens is 360 g/mol. The minimum absolute atomic E-state index is 0.0910. The first-order valence-electron chi connectivity index (χ1n) is 8.70. The molecule has 0 unspecified atom stereocenters. The van der Waals surface area contributed by atoms with Gasteiger partial charge in [-0.1, -0.05) is 41.2 Å². The molecule has 0 bridgehead atoms. The largest absolute Gasteiger partial charge is 0.316 e. The molecule has 0 spiro atoms. The highest BCUT2D eigenvalue weighted by Crippen LogP contribution is 2.22. The fourth-order valence-corrected chi connectivity index (χ4v) is 4.35. The van der Waals surface area contributed by atoms with Gasteiger partial charge in [-0.3, -0.25) is 4.79 Å². The van der Waals surface area contributed by atoms with Gasteiger partial charge >= 0.3 is 0 Å². The average molecular weight is 385 g/mol. The summed E-state index contributed by atoms with van der Waals surface area (Å²) < 4.78 is 3.38. The standard InChI is InChI=1S/C21H24N2OS2/c1-14-5-7-17(8-6-14)13-20(24)22-21-23(9-10-25-4)18-11-15(2)16(3)12-19(18)26-21/h5-8,11-12H,9-10,13H2,1-4H3. The molecule has 3 aromatic rings. The van der Waals surface area contributed by atoms with Crippen LogP contribution in [-0.4, -0.2) is 22.5 Å². The summed E-state index contributed by atoms with van der Waals surface area (Å²) >= 11 is 3.41. The second-order valence-corrected chi connectivity index (χ2v) is 8.60. The molecule has 3 nitrogen and oxygen atoms in total. The average Bonchev–Trinajstić information content (AvgIpc) is 2.91. The van der Waals surface area contributed by atoms with Gasteiger partial charge in [0.25, 0.3) is 5.91 Å². The molecule has 0 radical (unpaired) electrons. The van der Waals surface area contributed by atoms with Crippen molar-refractivity contribution in [1.29, 1.82) is 0 Å². The van der Waals surface area contributed by atoms with Crippen LogP contribution in [0.25, 0.3) is 10.2 Å². The van der Waals surface area contributed by atoms with Crippen LogP contribution in [0.4, 0.5) is 0 Å². The summed E-state index contributed by atoms with van der Waals surface area (Å²) in [6.07, 6.45) is 2.44. The van der Waals surface area contributed by atoms with Gasteiger partial charge in [-0.2, -0.15) is 16.8 Å². The number of thioether (sulfide) groups is 1. The van der Waals surface area contributed by atoms with Gasteiger partial charge in [0.1, 0.15) is 0 Å². The Morgan fingerprint density at radius 1 is 1.12 bits per heavy atom. The van der Waals surface area contributed by atoms with Crippen LogP contribution in [0.5, 0.6) is 0 Å². The third-order valence-electron chi connectivity index (χ3n) is 4.51. The summed E-state index contributed by atoms with van der Waals surface area (Å²) in [6, 6.07) is 12.5. The van der Waals surface area contributed by atoms with Crippen LogP contribution in [0.15, 0.2) is 41.4 Å². The number of hydrogen-bond donors (Lipinski definition) is 0. The van der Waals surface area contributed by atoms with E-state index in [0.29, 0.717) is 6.42 Å². The van der Waals surface area contributed by atoms with Crippen molar-refractivity contribution in [1.82, 2.24) is 4.57 Å². The zero-order valence-corrected chi connectivity index (χ0v) is 17.3. The Labute approximate surface area is 162 Å². The van der Waals surface area contributed by atoms with Crippen LogP contribution in [0.3, 0.4) is 0 Å². The quantitative estimate of drug-likeness (QED) is 0.641. The zero-order chi connectivity index (χ0) is 18.7. The van der Waals surface area contributed by atoms with E-state index in [2.05, 4.69) is 41.8 Å². The molecular formula is C21H24N2OS2. The number of thiazole rings is 1. The van der Waals surface area contributed by atoms with Crippen molar-refractivity contribution in [2.75, 3.05) is 12.0 Å². The maximum atomic E-state index is 12.5.